The molecule has 0 N–H and O–H groups in total. The van der Waals surface area contributed by atoms with E-state index in [1.807, 2.05) is 12.1 Å². The molecule has 1 aliphatic rings. The predicted molar refractivity (Wildman–Crippen MR) is 92.3 cm³/mol. The smallest absolute Gasteiger partial charge is 0.0812 e. The standard InChI is InChI=1S/C17H17ClN2S/c1-21-12-20-11-16(13-5-3-2-4-6-13)17(19-20)14-7-9-15(18)10-8-14/h2-10,16H,11-12H2,1H3. The summed E-state index contributed by atoms with van der Waals surface area (Å²) in [6, 6.07) is 18.6. The first kappa shape index (κ1) is 14.5. The van der Waals surface area contributed by atoms with Crippen LogP contribution in [0.15, 0.2) is 59.7 Å². The number of rotatable bonds is 4. The van der Waals surface area contributed by atoms with Gasteiger partial charge >= 0.3 is 0 Å². The highest BCUT2D eigenvalue weighted by molar-refractivity contribution is 7.98. The highest BCUT2D eigenvalue weighted by Gasteiger charge is 2.28. The van der Waals surface area contributed by atoms with Gasteiger partial charge in [-0.1, -0.05) is 54.1 Å². The van der Waals surface area contributed by atoms with Gasteiger partial charge in [-0.05, 0) is 29.5 Å². The highest BCUT2D eigenvalue weighted by atomic mass is 35.5. The third-order valence-corrected chi connectivity index (χ3v) is 4.40. The second-order valence-electron chi connectivity index (χ2n) is 5.06. The third kappa shape index (κ3) is 3.25. The van der Waals surface area contributed by atoms with Gasteiger partial charge in [-0.3, -0.25) is 5.01 Å². The van der Waals surface area contributed by atoms with Crippen molar-refractivity contribution in [2.24, 2.45) is 5.10 Å². The molecular weight excluding hydrogens is 300 g/mol. The molecule has 0 fully saturated rings. The SMILES string of the molecule is CSCN1CC(c2ccccc2)C(c2ccc(Cl)cc2)=N1. The maximum absolute atomic E-state index is 6.00. The maximum Gasteiger partial charge on any atom is 0.0812 e. The lowest BCUT2D eigenvalue weighted by Crippen LogP contribution is -2.18. The van der Waals surface area contributed by atoms with Gasteiger partial charge in [0.25, 0.3) is 0 Å². The van der Waals surface area contributed by atoms with Crippen molar-refractivity contribution < 1.29 is 0 Å². The average molecular weight is 317 g/mol. The van der Waals surface area contributed by atoms with Crippen molar-refractivity contribution in [1.82, 2.24) is 5.01 Å². The number of nitrogens with zero attached hydrogens (tertiary/aromatic N) is 2. The number of thioether (sulfide) groups is 1. The summed E-state index contributed by atoms with van der Waals surface area (Å²) in [5, 5.41) is 7.73. The van der Waals surface area contributed by atoms with E-state index in [0.29, 0.717) is 5.92 Å². The minimum Gasteiger partial charge on any atom is -0.286 e. The molecular formula is C17H17ClN2S. The number of hydrogen-bond acceptors (Lipinski definition) is 3. The number of benzene rings is 2. The van der Waals surface area contributed by atoms with E-state index in [-0.39, 0.29) is 0 Å². The molecule has 1 aliphatic heterocycles. The summed E-state index contributed by atoms with van der Waals surface area (Å²) in [5.74, 6) is 1.24. The molecule has 0 bridgehead atoms. The Morgan fingerprint density at radius 1 is 1.14 bits per heavy atom. The molecule has 2 nitrogen and oxygen atoms in total. The minimum atomic E-state index is 0.319. The van der Waals surface area contributed by atoms with E-state index in [2.05, 4.69) is 53.7 Å². The molecule has 0 saturated heterocycles. The second kappa shape index (κ2) is 6.54. The zero-order valence-corrected chi connectivity index (χ0v) is 13.4. The molecule has 108 valence electrons. The lowest BCUT2D eigenvalue weighted by Gasteiger charge is -2.15. The molecule has 21 heavy (non-hydrogen) atoms. The first-order valence-electron chi connectivity index (χ1n) is 6.91. The van der Waals surface area contributed by atoms with E-state index in [1.54, 1.807) is 11.8 Å². The molecule has 1 unspecified atom stereocenters. The molecule has 0 spiro atoms. The van der Waals surface area contributed by atoms with Crippen molar-refractivity contribution in [2.75, 3.05) is 18.7 Å². The van der Waals surface area contributed by atoms with Gasteiger partial charge in [-0.25, -0.2) is 0 Å². The van der Waals surface area contributed by atoms with Crippen molar-refractivity contribution >= 4 is 29.1 Å². The van der Waals surface area contributed by atoms with Crippen LogP contribution in [-0.2, 0) is 0 Å². The van der Waals surface area contributed by atoms with Crippen LogP contribution >= 0.6 is 23.4 Å². The molecule has 1 atom stereocenters. The van der Waals surface area contributed by atoms with Crippen LogP contribution in [0.25, 0.3) is 0 Å². The number of hydrogen-bond donors (Lipinski definition) is 0. The Morgan fingerprint density at radius 2 is 1.86 bits per heavy atom. The van der Waals surface area contributed by atoms with Crippen LogP contribution < -0.4 is 0 Å². The Kier molecular flexibility index (Phi) is 4.51. The van der Waals surface area contributed by atoms with E-state index in [0.717, 1.165) is 28.7 Å². The van der Waals surface area contributed by atoms with Crippen molar-refractivity contribution in [1.29, 1.82) is 0 Å². The Balaban J connectivity index is 1.95. The molecule has 0 aromatic heterocycles. The zero-order valence-electron chi connectivity index (χ0n) is 11.9. The minimum absolute atomic E-state index is 0.319. The van der Waals surface area contributed by atoms with Gasteiger partial charge in [0.1, 0.15) is 0 Å². The van der Waals surface area contributed by atoms with E-state index in [4.69, 9.17) is 16.7 Å². The summed E-state index contributed by atoms with van der Waals surface area (Å²) < 4.78 is 0. The quantitative estimate of drug-likeness (QED) is 0.827. The van der Waals surface area contributed by atoms with E-state index >= 15 is 0 Å². The average Bonchev–Trinajstić information content (AvgIpc) is 2.93. The Bertz CT molecular complexity index is 625. The first-order valence-corrected chi connectivity index (χ1v) is 8.68. The maximum atomic E-state index is 6.00. The van der Waals surface area contributed by atoms with E-state index in [9.17, 15) is 0 Å². The van der Waals surface area contributed by atoms with Gasteiger partial charge in [0.15, 0.2) is 0 Å². The summed E-state index contributed by atoms with van der Waals surface area (Å²) in [4.78, 5) is 0. The van der Waals surface area contributed by atoms with Gasteiger partial charge in [0, 0.05) is 17.5 Å². The molecule has 1 heterocycles. The summed E-state index contributed by atoms with van der Waals surface area (Å²) in [7, 11) is 0. The molecule has 0 radical (unpaired) electrons. The molecule has 2 aromatic carbocycles. The first-order chi connectivity index (χ1) is 10.3. The Hall–Kier alpha value is -1.45. The molecule has 4 heteroatoms. The normalized spacial score (nSPS) is 17.9. The summed E-state index contributed by atoms with van der Waals surface area (Å²) in [6.45, 7) is 0.933. The molecule has 0 amide bonds. The van der Waals surface area contributed by atoms with Crippen molar-refractivity contribution in [2.45, 2.75) is 5.92 Å². The van der Waals surface area contributed by atoms with Gasteiger partial charge < -0.3 is 0 Å². The molecule has 0 aliphatic carbocycles. The summed E-state index contributed by atoms with van der Waals surface area (Å²) in [6.07, 6.45) is 2.10. The monoisotopic (exact) mass is 316 g/mol. The van der Waals surface area contributed by atoms with Crippen molar-refractivity contribution in [3.8, 4) is 0 Å². The fourth-order valence-corrected chi connectivity index (χ4v) is 3.21. The lowest BCUT2D eigenvalue weighted by atomic mass is 9.91. The number of hydrazone groups is 1. The van der Waals surface area contributed by atoms with Gasteiger partial charge in [0.2, 0.25) is 0 Å². The van der Waals surface area contributed by atoms with Gasteiger partial charge in [0.05, 0.1) is 11.6 Å². The van der Waals surface area contributed by atoms with Crippen LogP contribution in [0.1, 0.15) is 17.0 Å². The van der Waals surface area contributed by atoms with Crippen molar-refractivity contribution in [3.63, 3.8) is 0 Å². The second-order valence-corrected chi connectivity index (χ2v) is 6.33. The molecule has 0 saturated carbocycles. The van der Waals surface area contributed by atoms with E-state index < -0.39 is 0 Å². The van der Waals surface area contributed by atoms with Crippen LogP contribution in [0.5, 0.6) is 0 Å². The zero-order chi connectivity index (χ0) is 14.7. The Morgan fingerprint density at radius 3 is 2.52 bits per heavy atom. The topological polar surface area (TPSA) is 15.6 Å². The largest absolute Gasteiger partial charge is 0.286 e. The summed E-state index contributed by atoms with van der Waals surface area (Å²) in [5.41, 5.74) is 3.60. The molecule has 3 rings (SSSR count). The fourth-order valence-electron chi connectivity index (χ4n) is 2.62. The Labute approximate surface area is 134 Å². The van der Waals surface area contributed by atoms with Crippen molar-refractivity contribution in [3.05, 3.63) is 70.7 Å². The van der Waals surface area contributed by atoms with Gasteiger partial charge in [-0.15, -0.1) is 11.8 Å². The fraction of sp³-hybridized carbons (Fsp3) is 0.235. The summed E-state index contributed by atoms with van der Waals surface area (Å²) >= 11 is 7.79. The number of halogens is 1. The van der Waals surface area contributed by atoms with Gasteiger partial charge in [-0.2, -0.15) is 5.10 Å². The van der Waals surface area contributed by atoms with Crippen LogP contribution in [0.4, 0.5) is 0 Å². The van der Waals surface area contributed by atoms with Crippen LogP contribution in [0, 0.1) is 0 Å². The highest BCUT2D eigenvalue weighted by Crippen LogP contribution is 2.29. The van der Waals surface area contributed by atoms with Crippen LogP contribution in [0.2, 0.25) is 5.02 Å². The lowest BCUT2D eigenvalue weighted by molar-refractivity contribution is 0.366. The predicted octanol–water partition coefficient (Wildman–Crippen LogP) is 4.46. The van der Waals surface area contributed by atoms with E-state index in [1.165, 1.54) is 5.56 Å². The molecule has 2 aromatic rings. The van der Waals surface area contributed by atoms with Crippen LogP contribution in [-0.4, -0.2) is 29.4 Å². The van der Waals surface area contributed by atoms with Crippen LogP contribution in [0.3, 0.4) is 0 Å². The third-order valence-electron chi connectivity index (χ3n) is 3.59.